The highest BCUT2D eigenvalue weighted by molar-refractivity contribution is 5.78. The van der Waals surface area contributed by atoms with E-state index in [-0.39, 0.29) is 23.8 Å². The fourth-order valence-electron chi connectivity index (χ4n) is 5.75. The zero-order valence-electron chi connectivity index (χ0n) is 23.4. The van der Waals surface area contributed by atoms with Crippen molar-refractivity contribution in [2.75, 3.05) is 36.5 Å². The number of alkyl halides is 2. The number of nitrogens with zero attached hydrogens (tertiary/aromatic N) is 5. The predicted molar refractivity (Wildman–Crippen MR) is 157 cm³/mol. The first-order valence-corrected chi connectivity index (χ1v) is 14.6. The lowest BCUT2D eigenvalue weighted by Crippen LogP contribution is -2.40. The number of fused-ring (bicyclic) bond motifs is 1. The van der Waals surface area contributed by atoms with E-state index in [0.29, 0.717) is 61.3 Å². The molecule has 6 rings (SSSR count). The zero-order chi connectivity index (χ0) is 28.9. The molecule has 1 saturated heterocycles. The third-order valence-corrected chi connectivity index (χ3v) is 7.95. The lowest BCUT2D eigenvalue weighted by Gasteiger charge is -2.31. The summed E-state index contributed by atoms with van der Waals surface area (Å²) in [5.41, 5.74) is 2.20. The molecule has 1 aliphatic carbocycles. The van der Waals surface area contributed by atoms with Crippen LogP contribution in [0.4, 0.5) is 20.5 Å². The van der Waals surface area contributed by atoms with E-state index in [1.807, 2.05) is 30.3 Å². The first-order valence-electron chi connectivity index (χ1n) is 14.6. The van der Waals surface area contributed by atoms with E-state index in [1.54, 1.807) is 30.3 Å². The summed E-state index contributed by atoms with van der Waals surface area (Å²) in [4.78, 5) is 28.3. The van der Waals surface area contributed by atoms with Crippen LogP contribution in [-0.2, 0) is 16.0 Å². The number of ether oxygens (including phenoxy) is 1. The smallest absolute Gasteiger partial charge is 0.296 e. The Morgan fingerprint density at radius 1 is 0.905 bits per heavy atom. The number of aryl methyl sites for hydroxylation is 1. The molecule has 9 nitrogen and oxygen atoms in total. The molecule has 220 valence electrons. The average molecular weight is 576 g/mol. The molecule has 0 atom stereocenters. The molecule has 11 heteroatoms. The number of benzene rings is 2. The van der Waals surface area contributed by atoms with Crippen LogP contribution in [0.1, 0.15) is 49.9 Å². The molecule has 2 fully saturated rings. The van der Waals surface area contributed by atoms with E-state index in [1.165, 1.54) is 4.57 Å². The van der Waals surface area contributed by atoms with Gasteiger partial charge in [0.05, 0.1) is 24.2 Å². The quantitative estimate of drug-likeness (QED) is 0.288. The minimum Gasteiger partial charge on any atom is -0.378 e. The Morgan fingerprint density at radius 3 is 2.36 bits per heavy atom. The standard InChI is InChI=1S/C31H35F2N7O2/c32-29(33)30-36-24-8-4-5-9-25(24)40(30)27-20-26(39-16-18-42-19-17-39)37-31(38-27)35-23-13-11-22(12-14-23)34-28(41)15-10-21-6-2-1-3-7-21/h1-9,20,22-23,29H,10-19H2,(H,34,41)(H,35,37,38). The number of carbonyl (C=O) groups excluding carboxylic acids is 1. The number of hydrogen-bond donors (Lipinski definition) is 2. The van der Waals surface area contributed by atoms with Gasteiger partial charge in [0.25, 0.3) is 6.43 Å². The fourth-order valence-corrected chi connectivity index (χ4v) is 5.75. The van der Waals surface area contributed by atoms with Crippen molar-refractivity contribution < 1.29 is 18.3 Å². The van der Waals surface area contributed by atoms with Gasteiger partial charge in [-0.2, -0.15) is 9.97 Å². The first-order chi connectivity index (χ1) is 20.5. The third kappa shape index (κ3) is 6.51. The van der Waals surface area contributed by atoms with Crippen molar-refractivity contribution in [1.29, 1.82) is 0 Å². The molecular formula is C31H35F2N7O2. The second kappa shape index (κ2) is 12.8. The third-order valence-electron chi connectivity index (χ3n) is 7.95. The highest BCUT2D eigenvalue weighted by atomic mass is 19.3. The summed E-state index contributed by atoms with van der Waals surface area (Å²) in [5, 5.41) is 6.66. The maximum Gasteiger partial charge on any atom is 0.296 e. The zero-order valence-corrected chi connectivity index (χ0v) is 23.4. The Hall–Kier alpha value is -4.12. The SMILES string of the molecule is O=C(CCc1ccccc1)NC1CCC(Nc2nc(N3CCOCC3)cc(-n3c(C(F)F)nc4ccccc43)n2)CC1. The monoisotopic (exact) mass is 575 g/mol. The van der Waals surface area contributed by atoms with Crippen LogP contribution in [-0.4, -0.2) is 63.8 Å². The molecule has 4 aromatic rings. The number of rotatable bonds is 9. The summed E-state index contributed by atoms with van der Waals surface area (Å²) in [6.07, 6.45) is 1.77. The number of morpholine rings is 1. The maximum absolute atomic E-state index is 14.1. The molecule has 1 amide bonds. The van der Waals surface area contributed by atoms with Crippen molar-refractivity contribution in [1.82, 2.24) is 24.8 Å². The molecular weight excluding hydrogens is 540 g/mol. The van der Waals surface area contributed by atoms with Gasteiger partial charge in [0.1, 0.15) is 11.6 Å². The average Bonchev–Trinajstić information content (AvgIpc) is 3.42. The summed E-state index contributed by atoms with van der Waals surface area (Å²) in [5.74, 6) is 1.11. The largest absolute Gasteiger partial charge is 0.378 e. The normalized spacial score (nSPS) is 19.3. The van der Waals surface area contributed by atoms with Gasteiger partial charge in [-0.25, -0.2) is 13.8 Å². The Morgan fingerprint density at radius 2 is 1.60 bits per heavy atom. The highest BCUT2D eigenvalue weighted by Crippen LogP contribution is 2.30. The van der Waals surface area contributed by atoms with E-state index in [0.717, 1.165) is 37.7 Å². The summed E-state index contributed by atoms with van der Waals surface area (Å²) >= 11 is 0. The van der Waals surface area contributed by atoms with E-state index in [4.69, 9.17) is 14.7 Å². The predicted octanol–water partition coefficient (Wildman–Crippen LogP) is 5.06. The van der Waals surface area contributed by atoms with Crippen LogP contribution in [0.3, 0.4) is 0 Å². The number of anilines is 2. The fraction of sp³-hybridized carbons (Fsp3) is 0.419. The minimum absolute atomic E-state index is 0.0730. The maximum atomic E-state index is 14.1. The second-order valence-electron chi connectivity index (χ2n) is 10.8. The summed E-state index contributed by atoms with van der Waals surface area (Å²) in [7, 11) is 0. The van der Waals surface area contributed by atoms with Crippen molar-refractivity contribution in [3.05, 3.63) is 72.1 Å². The van der Waals surface area contributed by atoms with Gasteiger partial charge in [0.2, 0.25) is 11.9 Å². The Bertz CT molecular complexity index is 1500. The van der Waals surface area contributed by atoms with Crippen LogP contribution in [0, 0.1) is 0 Å². The van der Waals surface area contributed by atoms with Gasteiger partial charge in [-0.3, -0.25) is 9.36 Å². The number of imidazole rings is 1. The van der Waals surface area contributed by atoms with Crippen LogP contribution in [0.25, 0.3) is 16.9 Å². The summed E-state index contributed by atoms with van der Waals surface area (Å²) in [6, 6.07) is 19.1. The number of aromatic nitrogens is 4. The molecule has 0 radical (unpaired) electrons. The molecule has 0 spiro atoms. The number of para-hydroxylation sites is 2. The molecule has 1 saturated carbocycles. The molecule has 1 aliphatic heterocycles. The van der Waals surface area contributed by atoms with Crippen LogP contribution in [0.2, 0.25) is 0 Å². The van der Waals surface area contributed by atoms with Crippen molar-refractivity contribution in [3.8, 4) is 5.82 Å². The van der Waals surface area contributed by atoms with Gasteiger partial charge in [-0.05, 0) is 49.8 Å². The van der Waals surface area contributed by atoms with E-state index in [2.05, 4.69) is 20.5 Å². The second-order valence-corrected chi connectivity index (χ2v) is 10.8. The molecule has 0 bridgehead atoms. The number of nitrogens with one attached hydrogen (secondary N) is 2. The van der Waals surface area contributed by atoms with Crippen LogP contribution < -0.4 is 15.5 Å². The molecule has 42 heavy (non-hydrogen) atoms. The van der Waals surface area contributed by atoms with Crippen LogP contribution in [0.5, 0.6) is 0 Å². The van der Waals surface area contributed by atoms with Gasteiger partial charge >= 0.3 is 0 Å². The van der Waals surface area contributed by atoms with E-state index in [9.17, 15) is 13.6 Å². The van der Waals surface area contributed by atoms with Gasteiger partial charge in [-0.1, -0.05) is 42.5 Å². The van der Waals surface area contributed by atoms with Crippen molar-refractivity contribution >= 4 is 28.7 Å². The molecule has 2 aromatic heterocycles. The molecule has 2 aliphatic rings. The number of hydrogen-bond acceptors (Lipinski definition) is 7. The van der Waals surface area contributed by atoms with Gasteiger partial charge in [0, 0.05) is 37.7 Å². The Balaban J connectivity index is 1.17. The molecule has 3 heterocycles. The van der Waals surface area contributed by atoms with E-state index < -0.39 is 6.43 Å². The number of amides is 1. The van der Waals surface area contributed by atoms with Crippen molar-refractivity contribution in [3.63, 3.8) is 0 Å². The van der Waals surface area contributed by atoms with Crippen LogP contribution >= 0.6 is 0 Å². The molecule has 0 unspecified atom stereocenters. The summed E-state index contributed by atoms with van der Waals surface area (Å²) < 4.78 is 35.2. The van der Waals surface area contributed by atoms with E-state index >= 15 is 0 Å². The van der Waals surface area contributed by atoms with Crippen molar-refractivity contribution in [2.45, 2.75) is 57.0 Å². The van der Waals surface area contributed by atoms with Crippen LogP contribution in [0.15, 0.2) is 60.7 Å². The van der Waals surface area contributed by atoms with Gasteiger partial charge in [-0.15, -0.1) is 0 Å². The van der Waals surface area contributed by atoms with Crippen molar-refractivity contribution in [2.24, 2.45) is 0 Å². The molecule has 2 aromatic carbocycles. The summed E-state index contributed by atoms with van der Waals surface area (Å²) in [6.45, 7) is 2.44. The minimum atomic E-state index is -2.77. The molecule has 2 N–H and O–H groups in total. The van der Waals surface area contributed by atoms with Gasteiger partial charge in [0.15, 0.2) is 5.82 Å². The lowest BCUT2D eigenvalue weighted by atomic mass is 9.91. The first kappa shape index (κ1) is 28.0. The highest BCUT2D eigenvalue weighted by Gasteiger charge is 2.26. The number of halogens is 2. The lowest BCUT2D eigenvalue weighted by molar-refractivity contribution is -0.122. The van der Waals surface area contributed by atoms with Gasteiger partial charge < -0.3 is 20.3 Å². The number of carbonyl (C=O) groups is 1. The Labute approximate surface area is 243 Å². The Kier molecular flexibility index (Phi) is 8.55. The topological polar surface area (TPSA) is 97.2 Å².